The number of rotatable bonds is 7. The summed E-state index contributed by atoms with van der Waals surface area (Å²) in [5.74, 6) is -0.322. The van der Waals surface area contributed by atoms with Gasteiger partial charge in [0.15, 0.2) is 5.17 Å². The topological polar surface area (TPSA) is 113 Å². The van der Waals surface area contributed by atoms with Crippen LogP contribution in [-0.4, -0.2) is 37.0 Å². The van der Waals surface area contributed by atoms with Crippen LogP contribution in [0.5, 0.6) is 5.75 Å². The summed E-state index contributed by atoms with van der Waals surface area (Å²) in [6.07, 6.45) is 3.78. The van der Waals surface area contributed by atoms with Gasteiger partial charge in [0.05, 0.1) is 30.9 Å². The standard InChI is InChI=1S/C17H16N4O4S/c1-24-15(22)10-14-16(23)20-17(26-14)21-19-11-12-4-6-13(7-5-12)25-9-3-2-8-18/h4-7,10-11H,2-3,9H2,1H3,(H,20,21,23)/b14-10+,19-11?. The third kappa shape index (κ3) is 6.07. The van der Waals surface area contributed by atoms with E-state index in [1.165, 1.54) is 13.3 Å². The predicted octanol–water partition coefficient (Wildman–Crippen LogP) is 1.98. The Balaban J connectivity index is 1.89. The number of ether oxygens (including phenoxy) is 2. The molecule has 1 aliphatic heterocycles. The second-order valence-corrected chi connectivity index (χ2v) is 5.95. The molecule has 26 heavy (non-hydrogen) atoms. The Hall–Kier alpha value is -3.12. The molecule has 1 aromatic carbocycles. The molecule has 9 heteroatoms. The number of esters is 1. The highest BCUT2D eigenvalue weighted by atomic mass is 32.2. The molecule has 0 spiro atoms. The maximum Gasteiger partial charge on any atom is 0.331 e. The first-order valence-electron chi connectivity index (χ1n) is 7.62. The van der Waals surface area contributed by atoms with E-state index < -0.39 is 11.9 Å². The van der Waals surface area contributed by atoms with E-state index in [1.54, 1.807) is 12.1 Å². The quantitative estimate of drug-likeness (QED) is 0.257. The molecule has 0 radical (unpaired) electrons. The van der Waals surface area contributed by atoms with E-state index in [2.05, 4.69) is 26.3 Å². The van der Waals surface area contributed by atoms with Crippen molar-refractivity contribution in [2.75, 3.05) is 13.7 Å². The van der Waals surface area contributed by atoms with Crippen molar-refractivity contribution in [1.82, 2.24) is 5.32 Å². The van der Waals surface area contributed by atoms with Gasteiger partial charge in [-0.15, -0.1) is 5.10 Å². The van der Waals surface area contributed by atoms with Gasteiger partial charge in [0.2, 0.25) is 0 Å². The minimum Gasteiger partial charge on any atom is -0.494 e. The summed E-state index contributed by atoms with van der Waals surface area (Å²) in [6, 6.07) is 9.28. The fourth-order valence-electron chi connectivity index (χ4n) is 1.78. The van der Waals surface area contributed by atoms with Crippen LogP contribution in [0.1, 0.15) is 18.4 Å². The molecule has 0 saturated carbocycles. The molecule has 1 aliphatic rings. The van der Waals surface area contributed by atoms with Gasteiger partial charge in [0.25, 0.3) is 5.91 Å². The molecule has 2 rings (SSSR count). The number of thioether (sulfide) groups is 1. The van der Waals surface area contributed by atoms with Crippen LogP contribution in [0.3, 0.4) is 0 Å². The number of nitriles is 1. The van der Waals surface area contributed by atoms with Crippen LogP contribution in [0.4, 0.5) is 0 Å². The fraction of sp³-hybridized carbons (Fsp3) is 0.235. The van der Waals surface area contributed by atoms with Crippen molar-refractivity contribution in [2.24, 2.45) is 10.2 Å². The normalized spacial score (nSPS) is 16.7. The van der Waals surface area contributed by atoms with Gasteiger partial charge in [0, 0.05) is 12.5 Å². The van der Waals surface area contributed by atoms with Gasteiger partial charge in [-0.1, -0.05) is 0 Å². The van der Waals surface area contributed by atoms with Gasteiger partial charge in [-0.25, -0.2) is 4.79 Å². The highest BCUT2D eigenvalue weighted by Crippen LogP contribution is 2.23. The Morgan fingerprint density at radius 1 is 1.38 bits per heavy atom. The Morgan fingerprint density at radius 2 is 2.15 bits per heavy atom. The van der Waals surface area contributed by atoms with Gasteiger partial charge in [-0.2, -0.15) is 10.4 Å². The van der Waals surface area contributed by atoms with Crippen molar-refractivity contribution in [3.63, 3.8) is 0 Å². The first-order valence-corrected chi connectivity index (χ1v) is 8.43. The van der Waals surface area contributed by atoms with E-state index in [4.69, 9.17) is 10.00 Å². The smallest absolute Gasteiger partial charge is 0.331 e. The summed E-state index contributed by atoms with van der Waals surface area (Å²) < 4.78 is 9.97. The number of amidine groups is 1. The van der Waals surface area contributed by atoms with Crippen molar-refractivity contribution in [3.8, 4) is 11.8 Å². The predicted molar refractivity (Wildman–Crippen MR) is 97.6 cm³/mol. The van der Waals surface area contributed by atoms with Crippen LogP contribution in [0.15, 0.2) is 45.4 Å². The number of unbranched alkanes of at least 4 members (excludes halogenated alkanes) is 1. The summed E-state index contributed by atoms with van der Waals surface area (Å²) in [6.45, 7) is 0.493. The van der Waals surface area contributed by atoms with Gasteiger partial charge in [0.1, 0.15) is 5.75 Å². The number of hydrogen-bond donors (Lipinski definition) is 1. The molecule has 1 N–H and O–H groups in total. The van der Waals surface area contributed by atoms with Crippen LogP contribution in [-0.2, 0) is 14.3 Å². The molecule has 0 aliphatic carbocycles. The van der Waals surface area contributed by atoms with Gasteiger partial charge < -0.3 is 9.47 Å². The maximum absolute atomic E-state index is 11.7. The molecule has 0 bridgehead atoms. The summed E-state index contributed by atoms with van der Waals surface area (Å²) in [5.41, 5.74) is 0.804. The van der Waals surface area contributed by atoms with E-state index in [0.717, 1.165) is 23.4 Å². The molecule has 134 valence electrons. The molecule has 1 aromatic rings. The SMILES string of the molecule is COC(=O)/C=C1/S/C(=N\N=Cc2ccc(OCCCC#N)cc2)NC1=O. The molecular formula is C17H16N4O4S. The second-order valence-electron chi connectivity index (χ2n) is 4.92. The molecular weight excluding hydrogens is 356 g/mol. The number of methoxy groups -OCH3 is 1. The number of carbonyl (C=O) groups is 2. The minimum absolute atomic E-state index is 0.198. The number of benzene rings is 1. The van der Waals surface area contributed by atoms with E-state index >= 15 is 0 Å². The van der Waals surface area contributed by atoms with Crippen molar-refractivity contribution in [2.45, 2.75) is 12.8 Å². The number of nitrogens with zero attached hydrogens (tertiary/aromatic N) is 3. The monoisotopic (exact) mass is 372 g/mol. The summed E-state index contributed by atoms with van der Waals surface area (Å²) in [5, 5.41) is 19.1. The first kappa shape index (κ1) is 19.2. The van der Waals surface area contributed by atoms with Crippen LogP contribution in [0, 0.1) is 11.3 Å². The third-order valence-corrected chi connectivity index (χ3v) is 3.94. The molecule has 1 saturated heterocycles. The molecule has 1 heterocycles. The Morgan fingerprint density at radius 3 is 2.85 bits per heavy atom. The van der Waals surface area contributed by atoms with Crippen molar-refractivity contribution < 1.29 is 19.1 Å². The van der Waals surface area contributed by atoms with Crippen LogP contribution in [0.25, 0.3) is 0 Å². The second kappa shape index (κ2) is 10.0. The van der Waals surface area contributed by atoms with Gasteiger partial charge >= 0.3 is 5.97 Å². The summed E-state index contributed by atoms with van der Waals surface area (Å²) in [4.78, 5) is 23.0. The van der Waals surface area contributed by atoms with Crippen molar-refractivity contribution in [1.29, 1.82) is 5.26 Å². The van der Waals surface area contributed by atoms with E-state index in [0.29, 0.717) is 25.2 Å². The highest BCUT2D eigenvalue weighted by molar-refractivity contribution is 8.18. The lowest BCUT2D eigenvalue weighted by Crippen LogP contribution is -2.19. The average molecular weight is 372 g/mol. The Labute approximate surface area is 154 Å². The first-order chi connectivity index (χ1) is 12.6. The van der Waals surface area contributed by atoms with Gasteiger partial charge in [-0.3, -0.25) is 10.1 Å². The Kier molecular flexibility index (Phi) is 7.39. The lowest BCUT2D eigenvalue weighted by Gasteiger charge is -2.04. The number of nitrogens with one attached hydrogen (secondary N) is 1. The molecule has 8 nitrogen and oxygen atoms in total. The van der Waals surface area contributed by atoms with Crippen LogP contribution < -0.4 is 10.1 Å². The zero-order valence-electron chi connectivity index (χ0n) is 14.0. The number of hydrogen-bond acceptors (Lipinski definition) is 8. The highest BCUT2D eigenvalue weighted by Gasteiger charge is 2.24. The van der Waals surface area contributed by atoms with Crippen molar-refractivity contribution in [3.05, 3.63) is 40.8 Å². The van der Waals surface area contributed by atoms with Crippen LogP contribution >= 0.6 is 11.8 Å². The largest absolute Gasteiger partial charge is 0.494 e. The minimum atomic E-state index is -0.609. The Bertz CT molecular complexity index is 794. The number of carbonyl (C=O) groups excluding carboxylic acids is 2. The fourth-order valence-corrected chi connectivity index (χ4v) is 2.52. The van der Waals surface area contributed by atoms with E-state index in [9.17, 15) is 9.59 Å². The zero-order valence-corrected chi connectivity index (χ0v) is 14.8. The lowest BCUT2D eigenvalue weighted by molar-refractivity contribution is -0.135. The molecule has 0 atom stereocenters. The zero-order chi connectivity index (χ0) is 18.8. The van der Waals surface area contributed by atoms with Crippen molar-refractivity contribution >= 4 is 35.0 Å². The van der Waals surface area contributed by atoms with Crippen LogP contribution in [0.2, 0.25) is 0 Å². The van der Waals surface area contributed by atoms with E-state index in [1.807, 2.05) is 12.1 Å². The number of amides is 1. The molecule has 0 unspecified atom stereocenters. The average Bonchev–Trinajstić information content (AvgIpc) is 2.99. The molecule has 1 fully saturated rings. The van der Waals surface area contributed by atoms with Gasteiger partial charge in [-0.05, 0) is 48.0 Å². The molecule has 0 aromatic heterocycles. The maximum atomic E-state index is 11.7. The summed E-state index contributed by atoms with van der Waals surface area (Å²) in [7, 11) is 1.23. The third-order valence-electron chi connectivity index (χ3n) is 3.04. The lowest BCUT2D eigenvalue weighted by atomic mass is 10.2. The molecule has 1 amide bonds. The van der Waals surface area contributed by atoms with E-state index in [-0.39, 0.29) is 10.1 Å². The summed E-state index contributed by atoms with van der Waals surface area (Å²) >= 11 is 1.01.